The first-order chi connectivity index (χ1) is 28.3. The molecule has 0 radical (unpaired) electrons. The van der Waals surface area contributed by atoms with E-state index in [4.69, 9.17) is 15.0 Å². The molecule has 57 heavy (non-hydrogen) atoms. The molecule has 0 saturated heterocycles. The largest absolute Gasteiger partial charge is 0.309 e. The second kappa shape index (κ2) is 12.4. The van der Waals surface area contributed by atoms with Crippen LogP contribution in [0.4, 0.5) is 0 Å². The van der Waals surface area contributed by atoms with Crippen LogP contribution in [0.15, 0.2) is 194 Å². The Morgan fingerprint density at radius 2 is 0.877 bits per heavy atom. The maximum absolute atomic E-state index is 5.33. The molecule has 9 aromatic carbocycles. The third-order valence-electron chi connectivity index (χ3n) is 11.5. The number of benzene rings is 9. The summed E-state index contributed by atoms with van der Waals surface area (Å²) in [7, 11) is 0. The van der Waals surface area contributed by atoms with E-state index in [1.54, 1.807) is 0 Å². The number of hydrogen-bond donors (Lipinski definition) is 0. The summed E-state index contributed by atoms with van der Waals surface area (Å²) < 4.78 is 2.43. The van der Waals surface area contributed by atoms with Crippen LogP contribution in [0.5, 0.6) is 0 Å². The fraction of sp³-hybridized carbons (Fsp3) is 0. The summed E-state index contributed by atoms with van der Waals surface area (Å²) in [5, 5.41) is 7.36. The van der Waals surface area contributed by atoms with Crippen molar-refractivity contribution in [2.75, 3.05) is 0 Å². The normalized spacial score (nSPS) is 11.9. The van der Waals surface area contributed by atoms with E-state index in [2.05, 4.69) is 162 Å². The highest BCUT2D eigenvalue weighted by molar-refractivity contribution is 6.21. The van der Waals surface area contributed by atoms with Gasteiger partial charge in [0, 0.05) is 38.7 Å². The molecule has 2 heterocycles. The lowest BCUT2D eigenvalue weighted by molar-refractivity contribution is 1.07. The van der Waals surface area contributed by atoms with Crippen molar-refractivity contribution in [3.8, 4) is 73.2 Å². The van der Waals surface area contributed by atoms with Crippen LogP contribution in [0.2, 0.25) is 0 Å². The predicted octanol–water partition coefficient (Wildman–Crippen LogP) is 13.6. The molecule has 0 unspecified atom stereocenters. The highest BCUT2D eigenvalue weighted by atomic mass is 15.0. The zero-order chi connectivity index (χ0) is 37.5. The smallest absolute Gasteiger partial charge is 0.164 e. The predicted molar refractivity (Wildman–Crippen MR) is 235 cm³/mol. The van der Waals surface area contributed by atoms with E-state index in [0.717, 1.165) is 39.0 Å². The van der Waals surface area contributed by atoms with Crippen molar-refractivity contribution in [3.05, 3.63) is 194 Å². The SMILES string of the molecule is c1ccc(-c2nc(-c3ccccc3)nc(-c3cc(-n4c5ccccc5c5cc6ccccc6cc54)cc4c3-c3ccc(-c5ccccc5)c5cccc-4c35)n2)cc1. The maximum atomic E-state index is 5.33. The van der Waals surface area contributed by atoms with Crippen molar-refractivity contribution in [1.82, 2.24) is 19.5 Å². The Balaban J connectivity index is 1.20. The van der Waals surface area contributed by atoms with Crippen LogP contribution < -0.4 is 0 Å². The molecule has 0 N–H and O–H groups in total. The van der Waals surface area contributed by atoms with Gasteiger partial charge in [0.05, 0.1) is 11.0 Å². The van der Waals surface area contributed by atoms with Crippen molar-refractivity contribution < 1.29 is 0 Å². The molecule has 0 bridgehead atoms. The summed E-state index contributed by atoms with van der Waals surface area (Å²) in [5.41, 5.74) is 13.4. The van der Waals surface area contributed by atoms with Crippen LogP contribution in [-0.2, 0) is 0 Å². The molecular weight excluding hydrogens is 693 g/mol. The standard InChI is InChI=1S/C53H32N4/c1-4-15-33(16-5-1)39-27-28-43-49-41(39)24-14-25-42(49)45-31-38(57-47-26-13-12-23-40(47)44-29-36-21-10-11-22-37(36)30-48(44)57)32-46(50(43)45)53-55-51(34-17-6-2-7-18-34)54-52(56-53)35-19-8-3-9-20-35/h1-32H. The van der Waals surface area contributed by atoms with Gasteiger partial charge in [0.25, 0.3) is 0 Å². The fourth-order valence-corrected chi connectivity index (χ4v) is 9.01. The summed E-state index contributed by atoms with van der Waals surface area (Å²) >= 11 is 0. The number of para-hydroxylation sites is 1. The summed E-state index contributed by atoms with van der Waals surface area (Å²) in [6.07, 6.45) is 0. The van der Waals surface area contributed by atoms with E-state index in [1.165, 1.54) is 60.1 Å². The molecule has 0 atom stereocenters. The van der Waals surface area contributed by atoms with Crippen molar-refractivity contribution in [3.63, 3.8) is 0 Å². The summed E-state index contributed by atoms with van der Waals surface area (Å²) in [5.74, 6) is 1.92. The Morgan fingerprint density at radius 1 is 0.316 bits per heavy atom. The van der Waals surface area contributed by atoms with E-state index >= 15 is 0 Å². The van der Waals surface area contributed by atoms with Gasteiger partial charge < -0.3 is 4.57 Å². The van der Waals surface area contributed by atoms with Crippen molar-refractivity contribution in [1.29, 1.82) is 0 Å². The van der Waals surface area contributed by atoms with E-state index in [1.807, 2.05) is 36.4 Å². The molecule has 0 amide bonds. The molecular formula is C53H32N4. The molecule has 11 aromatic rings. The van der Waals surface area contributed by atoms with Crippen LogP contribution in [0.3, 0.4) is 0 Å². The Bertz CT molecular complexity index is 3330. The second-order valence-corrected chi connectivity index (χ2v) is 14.8. The molecule has 0 aliphatic heterocycles. The summed E-state index contributed by atoms with van der Waals surface area (Å²) in [4.78, 5) is 15.7. The minimum Gasteiger partial charge on any atom is -0.309 e. The molecule has 0 spiro atoms. The van der Waals surface area contributed by atoms with Gasteiger partial charge in [-0.15, -0.1) is 0 Å². The molecule has 4 nitrogen and oxygen atoms in total. The van der Waals surface area contributed by atoms with Crippen LogP contribution in [0.1, 0.15) is 0 Å². The Morgan fingerprint density at radius 3 is 1.60 bits per heavy atom. The quantitative estimate of drug-likeness (QED) is 0.177. The Hall–Kier alpha value is -7.69. The Kier molecular flexibility index (Phi) is 6.89. The summed E-state index contributed by atoms with van der Waals surface area (Å²) in [6, 6.07) is 69.2. The van der Waals surface area contributed by atoms with Crippen LogP contribution in [0, 0.1) is 0 Å². The molecule has 12 rings (SSSR count). The topological polar surface area (TPSA) is 43.6 Å². The first-order valence-corrected chi connectivity index (χ1v) is 19.4. The number of hydrogen-bond acceptors (Lipinski definition) is 3. The monoisotopic (exact) mass is 724 g/mol. The number of rotatable bonds is 5. The number of fused-ring (bicyclic) bond motifs is 7. The van der Waals surface area contributed by atoms with Crippen molar-refractivity contribution in [2.24, 2.45) is 0 Å². The van der Waals surface area contributed by atoms with Gasteiger partial charge in [-0.1, -0.05) is 164 Å². The lowest BCUT2D eigenvalue weighted by Gasteiger charge is -2.16. The highest BCUT2D eigenvalue weighted by Gasteiger charge is 2.29. The van der Waals surface area contributed by atoms with Gasteiger partial charge in [-0.05, 0) is 79.7 Å². The number of nitrogens with zero attached hydrogens (tertiary/aromatic N) is 4. The van der Waals surface area contributed by atoms with Crippen LogP contribution in [-0.4, -0.2) is 19.5 Å². The molecule has 2 aromatic heterocycles. The summed E-state index contributed by atoms with van der Waals surface area (Å²) in [6.45, 7) is 0. The lowest BCUT2D eigenvalue weighted by atomic mass is 9.93. The highest BCUT2D eigenvalue weighted by Crippen LogP contribution is 2.53. The first-order valence-electron chi connectivity index (χ1n) is 19.4. The van der Waals surface area contributed by atoms with Crippen LogP contribution >= 0.6 is 0 Å². The number of aromatic nitrogens is 4. The fourth-order valence-electron chi connectivity index (χ4n) is 9.01. The van der Waals surface area contributed by atoms with E-state index in [9.17, 15) is 0 Å². The zero-order valence-corrected chi connectivity index (χ0v) is 30.8. The molecule has 0 fully saturated rings. The van der Waals surface area contributed by atoms with Gasteiger partial charge in [0.15, 0.2) is 17.5 Å². The van der Waals surface area contributed by atoms with E-state index in [0.29, 0.717) is 17.5 Å². The van der Waals surface area contributed by atoms with E-state index < -0.39 is 0 Å². The minimum absolute atomic E-state index is 0.639. The second-order valence-electron chi connectivity index (χ2n) is 14.8. The molecule has 1 aliphatic rings. The average molecular weight is 725 g/mol. The maximum Gasteiger partial charge on any atom is 0.164 e. The molecule has 1 aliphatic carbocycles. The van der Waals surface area contributed by atoms with Gasteiger partial charge >= 0.3 is 0 Å². The van der Waals surface area contributed by atoms with E-state index in [-0.39, 0.29) is 0 Å². The molecule has 264 valence electrons. The molecule has 0 saturated carbocycles. The van der Waals surface area contributed by atoms with Gasteiger partial charge in [-0.2, -0.15) is 0 Å². The van der Waals surface area contributed by atoms with Gasteiger partial charge in [-0.3, -0.25) is 0 Å². The average Bonchev–Trinajstić information content (AvgIpc) is 3.79. The molecule has 4 heteroatoms. The minimum atomic E-state index is 0.639. The van der Waals surface area contributed by atoms with Crippen LogP contribution in [0.25, 0.3) is 117 Å². The Labute approximate surface area is 329 Å². The zero-order valence-electron chi connectivity index (χ0n) is 30.8. The third kappa shape index (κ3) is 4.91. The van der Waals surface area contributed by atoms with Gasteiger partial charge in [0.2, 0.25) is 0 Å². The first kappa shape index (κ1) is 31.6. The van der Waals surface area contributed by atoms with Gasteiger partial charge in [0.1, 0.15) is 0 Å². The van der Waals surface area contributed by atoms with Gasteiger partial charge in [-0.25, -0.2) is 15.0 Å². The third-order valence-corrected chi connectivity index (χ3v) is 11.5. The van der Waals surface area contributed by atoms with Crippen molar-refractivity contribution >= 4 is 43.4 Å². The van der Waals surface area contributed by atoms with Crippen molar-refractivity contribution in [2.45, 2.75) is 0 Å². The lowest BCUT2D eigenvalue weighted by Crippen LogP contribution is -2.02.